The fourth-order valence-electron chi connectivity index (χ4n) is 3.28. The van der Waals surface area contributed by atoms with E-state index in [0.29, 0.717) is 0 Å². The first-order valence-corrected chi connectivity index (χ1v) is 8.44. The molecule has 6 heteroatoms. The molecule has 2 saturated heterocycles. The molecule has 23 heavy (non-hydrogen) atoms. The van der Waals surface area contributed by atoms with E-state index in [1.807, 2.05) is 22.6 Å². The highest BCUT2D eigenvalue weighted by Crippen LogP contribution is 2.17. The van der Waals surface area contributed by atoms with Crippen molar-refractivity contribution in [1.29, 1.82) is 0 Å². The summed E-state index contributed by atoms with van der Waals surface area (Å²) in [4.78, 5) is 16.7. The lowest BCUT2D eigenvalue weighted by Gasteiger charge is -2.35. The minimum Gasteiger partial charge on any atom is -0.368 e. The maximum Gasteiger partial charge on any atom is 0.251 e. The van der Waals surface area contributed by atoms with Crippen LogP contribution in [0.25, 0.3) is 0 Å². The highest BCUT2D eigenvalue weighted by Gasteiger charge is 2.30. The van der Waals surface area contributed by atoms with Crippen molar-refractivity contribution in [3.8, 4) is 0 Å². The van der Waals surface area contributed by atoms with Crippen LogP contribution in [0.2, 0.25) is 0 Å². The largest absolute Gasteiger partial charge is 0.368 e. The van der Waals surface area contributed by atoms with Crippen molar-refractivity contribution >= 4 is 5.91 Å². The first kappa shape index (κ1) is 16.2. The second-order valence-corrected chi connectivity index (χ2v) is 6.35. The Kier molecular flexibility index (Phi) is 5.13. The van der Waals surface area contributed by atoms with Gasteiger partial charge in [-0.15, -0.1) is 6.58 Å². The van der Waals surface area contributed by atoms with Gasteiger partial charge in [0, 0.05) is 51.1 Å². The van der Waals surface area contributed by atoms with Crippen molar-refractivity contribution in [1.82, 2.24) is 19.6 Å². The summed E-state index contributed by atoms with van der Waals surface area (Å²) >= 11 is 0. The van der Waals surface area contributed by atoms with Crippen LogP contribution in [-0.4, -0.2) is 64.4 Å². The second-order valence-electron chi connectivity index (χ2n) is 6.35. The zero-order valence-electron chi connectivity index (χ0n) is 13.9. The lowest BCUT2D eigenvalue weighted by Crippen LogP contribution is -2.51. The molecule has 1 aromatic rings. The Morgan fingerprint density at radius 3 is 2.87 bits per heavy atom. The molecule has 2 fully saturated rings. The number of allylic oxidation sites excluding steroid dienone is 1. The van der Waals surface area contributed by atoms with Crippen molar-refractivity contribution in [2.24, 2.45) is 0 Å². The SMILES string of the molecule is C=CCn1cc(CN2CCN(C(=O)C3CCCO3)CC2)c(C)n1. The number of rotatable bonds is 5. The summed E-state index contributed by atoms with van der Waals surface area (Å²) in [7, 11) is 0. The maximum absolute atomic E-state index is 12.4. The van der Waals surface area contributed by atoms with E-state index in [9.17, 15) is 4.79 Å². The van der Waals surface area contributed by atoms with Gasteiger partial charge >= 0.3 is 0 Å². The van der Waals surface area contributed by atoms with Gasteiger partial charge in [-0.2, -0.15) is 5.10 Å². The molecule has 0 aromatic carbocycles. The number of ether oxygens (including phenoxy) is 1. The summed E-state index contributed by atoms with van der Waals surface area (Å²) in [5, 5.41) is 4.50. The quantitative estimate of drug-likeness (QED) is 0.766. The number of nitrogens with zero attached hydrogens (tertiary/aromatic N) is 4. The third kappa shape index (κ3) is 3.82. The molecule has 1 amide bonds. The normalized spacial score (nSPS) is 22.5. The number of hydrogen-bond acceptors (Lipinski definition) is 4. The van der Waals surface area contributed by atoms with Crippen LogP contribution in [0.1, 0.15) is 24.1 Å². The van der Waals surface area contributed by atoms with Crippen molar-refractivity contribution in [3.05, 3.63) is 30.1 Å². The van der Waals surface area contributed by atoms with Crippen LogP contribution in [0.5, 0.6) is 0 Å². The predicted molar refractivity (Wildman–Crippen MR) is 88.0 cm³/mol. The van der Waals surface area contributed by atoms with Gasteiger partial charge < -0.3 is 9.64 Å². The maximum atomic E-state index is 12.4. The van der Waals surface area contributed by atoms with Crippen molar-refractivity contribution in [3.63, 3.8) is 0 Å². The van der Waals surface area contributed by atoms with E-state index in [2.05, 4.69) is 22.8 Å². The molecule has 6 nitrogen and oxygen atoms in total. The summed E-state index contributed by atoms with van der Waals surface area (Å²) in [6.45, 7) is 11.6. The van der Waals surface area contributed by atoms with Crippen LogP contribution < -0.4 is 0 Å². The Bertz CT molecular complexity index is 555. The summed E-state index contributed by atoms with van der Waals surface area (Å²) in [5.41, 5.74) is 2.33. The van der Waals surface area contributed by atoms with Crippen LogP contribution >= 0.6 is 0 Å². The summed E-state index contributed by atoms with van der Waals surface area (Å²) in [5.74, 6) is 0.178. The van der Waals surface area contributed by atoms with Crippen molar-refractivity contribution in [2.45, 2.75) is 39.0 Å². The van der Waals surface area contributed by atoms with Crippen molar-refractivity contribution in [2.75, 3.05) is 32.8 Å². The Hall–Kier alpha value is -1.66. The summed E-state index contributed by atoms with van der Waals surface area (Å²) in [6, 6.07) is 0. The summed E-state index contributed by atoms with van der Waals surface area (Å²) < 4.78 is 7.43. The van der Waals surface area contributed by atoms with Crippen LogP contribution in [-0.2, 0) is 22.6 Å². The van der Waals surface area contributed by atoms with E-state index < -0.39 is 0 Å². The smallest absolute Gasteiger partial charge is 0.251 e. The average molecular weight is 318 g/mol. The molecule has 3 rings (SSSR count). The molecule has 0 radical (unpaired) electrons. The van der Waals surface area contributed by atoms with Gasteiger partial charge in [-0.25, -0.2) is 0 Å². The van der Waals surface area contributed by atoms with E-state index in [0.717, 1.165) is 64.4 Å². The van der Waals surface area contributed by atoms with E-state index in [1.54, 1.807) is 0 Å². The molecule has 2 aliphatic heterocycles. The van der Waals surface area contributed by atoms with Gasteiger partial charge in [0.15, 0.2) is 0 Å². The van der Waals surface area contributed by atoms with E-state index in [4.69, 9.17) is 4.74 Å². The fourth-order valence-corrected chi connectivity index (χ4v) is 3.28. The Morgan fingerprint density at radius 1 is 1.43 bits per heavy atom. The molecule has 0 bridgehead atoms. The lowest BCUT2D eigenvalue weighted by atomic mass is 10.2. The van der Waals surface area contributed by atoms with Gasteiger partial charge in [0.05, 0.1) is 12.2 Å². The molecule has 1 atom stereocenters. The molecule has 3 heterocycles. The zero-order valence-corrected chi connectivity index (χ0v) is 13.9. The third-order valence-electron chi connectivity index (χ3n) is 4.65. The fraction of sp³-hybridized carbons (Fsp3) is 0.647. The molecule has 0 spiro atoms. The highest BCUT2D eigenvalue weighted by atomic mass is 16.5. The van der Waals surface area contributed by atoms with Gasteiger partial charge in [-0.1, -0.05) is 6.08 Å². The Balaban J connectivity index is 1.51. The van der Waals surface area contributed by atoms with Crippen molar-refractivity contribution < 1.29 is 9.53 Å². The topological polar surface area (TPSA) is 50.6 Å². The highest BCUT2D eigenvalue weighted by molar-refractivity contribution is 5.81. The van der Waals surface area contributed by atoms with Gasteiger partial charge in [-0.05, 0) is 19.8 Å². The predicted octanol–water partition coefficient (Wildman–Crippen LogP) is 1.20. The van der Waals surface area contributed by atoms with Gasteiger partial charge in [-0.3, -0.25) is 14.4 Å². The molecule has 1 aromatic heterocycles. The first-order valence-electron chi connectivity index (χ1n) is 8.44. The number of carbonyl (C=O) groups excluding carboxylic acids is 1. The second kappa shape index (κ2) is 7.27. The minimum atomic E-state index is -0.194. The number of aromatic nitrogens is 2. The number of hydrogen-bond donors (Lipinski definition) is 0. The standard InChI is InChI=1S/C17H26N4O2/c1-3-6-21-13-15(14(2)18-21)12-19-7-9-20(10-8-19)17(22)16-5-4-11-23-16/h3,13,16H,1,4-12H2,2H3. The molecule has 0 aliphatic carbocycles. The number of carbonyl (C=O) groups is 1. The molecular formula is C17H26N4O2. The lowest BCUT2D eigenvalue weighted by molar-refractivity contribution is -0.142. The third-order valence-corrected chi connectivity index (χ3v) is 4.65. The van der Waals surface area contributed by atoms with Gasteiger partial charge in [0.25, 0.3) is 5.91 Å². The van der Waals surface area contributed by atoms with Crippen LogP contribution in [0, 0.1) is 6.92 Å². The number of amides is 1. The monoisotopic (exact) mass is 318 g/mol. The Labute approximate surface area is 137 Å². The molecule has 1 unspecified atom stereocenters. The molecule has 126 valence electrons. The van der Waals surface area contributed by atoms with E-state index in [1.165, 1.54) is 5.56 Å². The van der Waals surface area contributed by atoms with E-state index in [-0.39, 0.29) is 12.0 Å². The molecular weight excluding hydrogens is 292 g/mol. The summed E-state index contributed by atoms with van der Waals surface area (Å²) in [6.07, 6.45) is 5.64. The van der Waals surface area contributed by atoms with Crippen LogP contribution in [0.4, 0.5) is 0 Å². The Morgan fingerprint density at radius 2 is 2.22 bits per heavy atom. The number of aryl methyl sites for hydroxylation is 1. The van der Waals surface area contributed by atoms with Gasteiger partial charge in [0.2, 0.25) is 0 Å². The van der Waals surface area contributed by atoms with E-state index >= 15 is 0 Å². The number of piperazine rings is 1. The molecule has 2 aliphatic rings. The first-order chi connectivity index (χ1) is 11.2. The average Bonchev–Trinajstić information content (AvgIpc) is 3.19. The van der Waals surface area contributed by atoms with Crippen LogP contribution in [0.3, 0.4) is 0 Å². The molecule has 0 N–H and O–H groups in total. The minimum absolute atomic E-state index is 0.178. The molecule has 0 saturated carbocycles. The zero-order chi connectivity index (χ0) is 16.2. The van der Waals surface area contributed by atoms with Crippen LogP contribution in [0.15, 0.2) is 18.9 Å². The van der Waals surface area contributed by atoms with Gasteiger partial charge in [0.1, 0.15) is 6.10 Å².